The highest BCUT2D eigenvalue weighted by Gasteiger charge is 2.08. The Hall–Kier alpha value is -3.86. The van der Waals surface area contributed by atoms with Crippen molar-refractivity contribution in [2.45, 2.75) is 13.5 Å². The largest absolute Gasteiger partial charge is 0.489 e. The third-order valence-electron chi connectivity index (χ3n) is 4.41. The Bertz CT molecular complexity index is 1040. The summed E-state index contributed by atoms with van der Waals surface area (Å²) in [7, 11) is 1.34. The van der Waals surface area contributed by atoms with Crippen molar-refractivity contribution in [2.24, 2.45) is 0 Å². The van der Waals surface area contributed by atoms with Gasteiger partial charge in [0, 0.05) is 17.3 Å². The van der Waals surface area contributed by atoms with E-state index in [9.17, 15) is 9.59 Å². The van der Waals surface area contributed by atoms with Crippen molar-refractivity contribution in [2.75, 3.05) is 12.4 Å². The predicted molar refractivity (Wildman–Crippen MR) is 117 cm³/mol. The summed E-state index contributed by atoms with van der Waals surface area (Å²) < 4.78 is 10.5. The van der Waals surface area contributed by atoms with E-state index in [2.05, 4.69) is 10.1 Å². The number of carbonyl (C=O) groups excluding carboxylic acids is 2. The second-order valence-corrected chi connectivity index (χ2v) is 6.70. The average Bonchev–Trinajstić information content (AvgIpc) is 2.78. The van der Waals surface area contributed by atoms with Gasteiger partial charge in [0.1, 0.15) is 12.4 Å². The van der Waals surface area contributed by atoms with E-state index in [-0.39, 0.29) is 5.91 Å². The summed E-state index contributed by atoms with van der Waals surface area (Å²) in [5, 5.41) is 2.88. The summed E-state index contributed by atoms with van der Waals surface area (Å²) in [6.07, 6.45) is 1.76. The summed E-state index contributed by atoms with van der Waals surface area (Å²) in [5.74, 6) is 0.0679. The van der Waals surface area contributed by atoms with Crippen LogP contribution in [0.4, 0.5) is 5.69 Å². The molecule has 0 saturated heterocycles. The summed E-state index contributed by atoms with van der Waals surface area (Å²) in [4.78, 5) is 24.0. The number of methoxy groups -OCH3 is 1. The van der Waals surface area contributed by atoms with Crippen LogP contribution in [0.15, 0.2) is 84.4 Å². The minimum atomic E-state index is -0.394. The molecule has 1 N–H and O–H groups in total. The topological polar surface area (TPSA) is 64.6 Å². The zero-order valence-electron chi connectivity index (χ0n) is 16.9. The lowest BCUT2D eigenvalue weighted by Crippen LogP contribution is -2.12. The van der Waals surface area contributed by atoms with Crippen LogP contribution in [0.3, 0.4) is 0 Å². The van der Waals surface area contributed by atoms with Gasteiger partial charge in [0.2, 0.25) is 0 Å². The van der Waals surface area contributed by atoms with Crippen LogP contribution >= 0.6 is 0 Å². The Morgan fingerprint density at radius 1 is 0.933 bits per heavy atom. The molecule has 0 aliphatic rings. The summed E-state index contributed by atoms with van der Waals surface area (Å²) >= 11 is 0. The summed E-state index contributed by atoms with van der Waals surface area (Å²) in [5.41, 5.74) is 3.54. The summed E-state index contributed by atoms with van der Waals surface area (Å²) in [6.45, 7) is 2.19. The van der Waals surface area contributed by atoms with Gasteiger partial charge in [-0.1, -0.05) is 48.5 Å². The second kappa shape index (κ2) is 10.1. The van der Waals surface area contributed by atoms with Crippen molar-refractivity contribution in [1.29, 1.82) is 0 Å². The van der Waals surface area contributed by atoms with Gasteiger partial charge in [-0.3, -0.25) is 4.79 Å². The van der Waals surface area contributed by atoms with E-state index in [1.165, 1.54) is 7.11 Å². The van der Waals surface area contributed by atoms with Gasteiger partial charge in [-0.05, 0) is 48.4 Å². The van der Waals surface area contributed by atoms with E-state index in [0.717, 1.165) is 11.1 Å². The number of anilines is 1. The number of nitrogens with one attached hydrogen (secondary N) is 1. The predicted octanol–water partition coefficient (Wildman–Crippen LogP) is 5.09. The average molecular weight is 401 g/mol. The minimum Gasteiger partial charge on any atom is -0.489 e. The molecule has 3 rings (SSSR count). The number of hydrogen-bond donors (Lipinski definition) is 1. The zero-order valence-corrected chi connectivity index (χ0v) is 16.9. The van der Waals surface area contributed by atoms with E-state index < -0.39 is 5.97 Å². The van der Waals surface area contributed by atoms with E-state index in [4.69, 9.17) is 4.74 Å². The number of hydrogen-bond acceptors (Lipinski definition) is 4. The van der Waals surface area contributed by atoms with Gasteiger partial charge < -0.3 is 14.8 Å². The van der Waals surface area contributed by atoms with Crippen molar-refractivity contribution >= 4 is 23.6 Å². The fraction of sp³-hybridized carbons (Fsp3) is 0.120. The van der Waals surface area contributed by atoms with Crippen LogP contribution in [0.2, 0.25) is 0 Å². The molecule has 0 aliphatic carbocycles. The normalized spacial score (nSPS) is 10.9. The van der Waals surface area contributed by atoms with Crippen molar-refractivity contribution in [1.82, 2.24) is 0 Å². The Kier molecular flexibility index (Phi) is 7.00. The molecule has 0 spiro atoms. The maximum Gasteiger partial charge on any atom is 0.337 e. The molecule has 5 heteroatoms. The van der Waals surface area contributed by atoms with Gasteiger partial charge in [-0.2, -0.15) is 0 Å². The molecular formula is C25H23NO4. The van der Waals surface area contributed by atoms with Crippen LogP contribution in [-0.2, 0) is 16.1 Å². The molecule has 30 heavy (non-hydrogen) atoms. The van der Waals surface area contributed by atoms with Gasteiger partial charge in [-0.15, -0.1) is 0 Å². The van der Waals surface area contributed by atoms with Crippen LogP contribution in [0, 0.1) is 0 Å². The molecule has 0 saturated carbocycles. The number of carbonyl (C=O) groups is 2. The van der Waals surface area contributed by atoms with Crippen molar-refractivity contribution in [3.63, 3.8) is 0 Å². The molecule has 0 unspecified atom stereocenters. The lowest BCUT2D eigenvalue weighted by atomic mass is 10.1. The van der Waals surface area contributed by atoms with Gasteiger partial charge >= 0.3 is 5.97 Å². The molecule has 5 nitrogen and oxygen atoms in total. The first kappa shape index (κ1) is 20.9. The SMILES string of the molecule is COC(=O)c1ccc(C=C(C)C(=O)Nc2cccc(OCc3ccccc3)c2)cc1. The molecule has 3 aromatic rings. The smallest absolute Gasteiger partial charge is 0.337 e. The molecule has 0 atom stereocenters. The molecule has 152 valence electrons. The summed E-state index contributed by atoms with van der Waals surface area (Å²) in [6, 6.07) is 24.0. The molecule has 0 fully saturated rings. The lowest BCUT2D eigenvalue weighted by molar-refractivity contribution is -0.112. The number of amides is 1. The molecule has 3 aromatic carbocycles. The third kappa shape index (κ3) is 5.82. The Balaban J connectivity index is 1.62. The minimum absolute atomic E-state index is 0.216. The van der Waals surface area contributed by atoms with Crippen molar-refractivity contribution in [3.05, 3.63) is 101 Å². The van der Waals surface area contributed by atoms with E-state index in [1.54, 1.807) is 43.3 Å². The quantitative estimate of drug-likeness (QED) is 0.442. The Morgan fingerprint density at radius 3 is 2.37 bits per heavy atom. The van der Waals surface area contributed by atoms with Gasteiger partial charge in [0.05, 0.1) is 12.7 Å². The molecule has 1 amide bonds. The van der Waals surface area contributed by atoms with Crippen LogP contribution in [0.5, 0.6) is 5.75 Å². The van der Waals surface area contributed by atoms with Crippen LogP contribution in [-0.4, -0.2) is 19.0 Å². The fourth-order valence-electron chi connectivity index (χ4n) is 2.78. The first-order valence-electron chi connectivity index (χ1n) is 9.50. The number of benzene rings is 3. The molecular weight excluding hydrogens is 378 g/mol. The first-order chi connectivity index (χ1) is 14.5. The standard InChI is InChI=1S/C25H23NO4/c1-18(15-19-11-13-21(14-12-19)25(28)29-2)24(27)26-22-9-6-10-23(16-22)30-17-20-7-4-3-5-8-20/h3-16H,17H2,1-2H3,(H,26,27). The van der Waals surface area contributed by atoms with Crippen molar-refractivity contribution < 1.29 is 19.1 Å². The molecule has 0 heterocycles. The third-order valence-corrected chi connectivity index (χ3v) is 4.41. The lowest BCUT2D eigenvalue weighted by Gasteiger charge is -2.10. The molecule has 0 radical (unpaired) electrons. The highest BCUT2D eigenvalue weighted by Crippen LogP contribution is 2.20. The maximum atomic E-state index is 12.5. The maximum absolute atomic E-state index is 12.5. The Labute approximate surface area is 176 Å². The van der Waals surface area contributed by atoms with Crippen LogP contribution < -0.4 is 10.1 Å². The zero-order chi connectivity index (χ0) is 21.3. The van der Waals surface area contributed by atoms with E-state index >= 15 is 0 Å². The number of esters is 1. The second-order valence-electron chi connectivity index (χ2n) is 6.70. The van der Waals surface area contributed by atoms with Gasteiger partial charge in [-0.25, -0.2) is 4.79 Å². The van der Waals surface area contributed by atoms with Crippen LogP contribution in [0.1, 0.15) is 28.4 Å². The van der Waals surface area contributed by atoms with E-state index in [1.807, 2.05) is 48.5 Å². The number of rotatable bonds is 7. The van der Waals surface area contributed by atoms with Gasteiger partial charge in [0.25, 0.3) is 5.91 Å². The van der Waals surface area contributed by atoms with Crippen LogP contribution in [0.25, 0.3) is 6.08 Å². The first-order valence-corrected chi connectivity index (χ1v) is 9.50. The highest BCUT2D eigenvalue weighted by atomic mass is 16.5. The number of ether oxygens (including phenoxy) is 2. The highest BCUT2D eigenvalue weighted by molar-refractivity contribution is 6.06. The molecule has 0 bridgehead atoms. The van der Waals surface area contributed by atoms with Gasteiger partial charge in [0.15, 0.2) is 0 Å². The monoisotopic (exact) mass is 401 g/mol. The fourth-order valence-corrected chi connectivity index (χ4v) is 2.78. The molecule has 0 aromatic heterocycles. The molecule has 0 aliphatic heterocycles. The van der Waals surface area contributed by atoms with Crippen molar-refractivity contribution in [3.8, 4) is 5.75 Å². The van der Waals surface area contributed by atoms with E-state index in [0.29, 0.717) is 29.2 Å². The Morgan fingerprint density at radius 2 is 1.67 bits per heavy atom.